The molecule has 6 heteroatoms. The van der Waals surface area contributed by atoms with Crippen LogP contribution in [0.5, 0.6) is 0 Å². The maximum atomic E-state index is 6.31. The highest BCUT2D eigenvalue weighted by Gasteiger charge is 2.18. The molecule has 0 atom stereocenters. The zero-order valence-corrected chi connectivity index (χ0v) is 31.6. The first kappa shape index (κ1) is 33.1. The first-order valence-electron chi connectivity index (χ1n) is 19.7. The van der Waals surface area contributed by atoms with Crippen molar-refractivity contribution in [3.63, 3.8) is 0 Å². The van der Waals surface area contributed by atoms with Crippen molar-refractivity contribution in [1.82, 2.24) is 15.2 Å². The second-order valence-corrected chi connectivity index (χ2v) is 14.9. The second-order valence-electron chi connectivity index (χ2n) is 14.9. The summed E-state index contributed by atoms with van der Waals surface area (Å²) in [6.07, 6.45) is 1.78. The topological polar surface area (TPSA) is 68.2 Å². The number of nitrogens with zero attached hydrogens (tertiary/aromatic N) is 4. The van der Waals surface area contributed by atoms with Gasteiger partial charge in [-0.1, -0.05) is 109 Å². The van der Waals surface area contributed by atoms with Crippen LogP contribution >= 0.6 is 0 Å². The molecule has 0 amide bonds. The van der Waals surface area contributed by atoms with E-state index in [0.717, 1.165) is 66.6 Å². The van der Waals surface area contributed by atoms with Crippen molar-refractivity contribution in [2.45, 2.75) is 0 Å². The van der Waals surface area contributed by atoms with Gasteiger partial charge in [-0.05, 0) is 122 Å². The van der Waals surface area contributed by atoms with Crippen LogP contribution in [-0.4, -0.2) is 15.2 Å². The average Bonchev–Trinajstić information content (AvgIpc) is 3.91. The minimum Gasteiger partial charge on any atom is -0.454 e. The van der Waals surface area contributed by atoms with Gasteiger partial charge in [0.15, 0.2) is 11.2 Å². The number of para-hydroxylation sites is 3. The number of aromatic nitrogens is 3. The molecule has 9 aromatic carbocycles. The lowest BCUT2D eigenvalue weighted by Gasteiger charge is -2.26. The summed E-state index contributed by atoms with van der Waals surface area (Å²) in [4.78, 5) is 7.02. The van der Waals surface area contributed by atoms with Crippen LogP contribution in [0, 0.1) is 0 Å². The molecule has 0 radical (unpaired) electrons. The summed E-state index contributed by atoms with van der Waals surface area (Å²) in [5.74, 6) is 0.593. The molecule has 3 aromatic heterocycles. The molecule has 0 saturated heterocycles. The van der Waals surface area contributed by atoms with E-state index >= 15 is 0 Å². The van der Waals surface area contributed by atoms with E-state index in [1.54, 1.807) is 6.20 Å². The predicted molar refractivity (Wildman–Crippen MR) is 240 cm³/mol. The molecule has 12 rings (SSSR count). The minimum atomic E-state index is 0.593. The van der Waals surface area contributed by atoms with E-state index in [2.05, 4.69) is 161 Å². The summed E-state index contributed by atoms with van der Waals surface area (Å²) >= 11 is 0. The van der Waals surface area contributed by atoms with Crippen molar-refractivity contribution >= 4 is 82.4 Å². The number of hydrogen-bond acceptors (Lipinski definition) is 6. The standard InChI is InChI=1S/C53H32N4O2/c1-2-8-36-29-37(14-13-33(36)7-1)38-21-27-44-39(30-38)15-16-40-31-43(26-28-45(40)44)57(42-24-19-35(20-25-42)53-55-48-10-4-6-12-50(48)59-53)41-22-17-34(18-23-41)51-52-47(32-54-56-51)46-9-3-5-11-49(46)58-52/h1-32H. The predicted octanol–water partition coefficient (Wildman–Crippen LogP) is 14.4. The number of fused-ring (bicyclic) bond motifs is 8. The van der Waals surface area contributed by atoms with Crippen molar-refractivity contribution in [2.24, 2.45) is 0 Å². The normalized spacial score (nSPS) is 11.7. The Labute approximate surface area is 338 Å². The van der Waals surface area contributed by atoms with Gasteiger partial charge >= 0.3 is 0 Å². The Kier molecular flexibility index (Phi) is 7.43. The lowest BCUT2D eigenvalue weighted by molar-refractivity contribution is 0.620. The highest BCUT2D eigenvalue weighted by molar-refractivity contribution is 6.10. The molecule has 0 aliphatic heterocycles. The molecule has 0 aliphatic carbocycles. The van der Waals surface area contributed by atoms with Gasteiger partial charge in [0, 0.05) is 33.6 Å². The maximum absolute atomic E-state index is 6.31. The lowest BCUT2D eigenvalue weighted by Crippen LogP contribution is -2.10. The summed E-state index contributed by atoms with van der Waals surface area (Å²) in [6, 6.07) is 65.9. The molecule has 0 bridgehead atoms. The van der Waals surface area contributed by atoms with E-state index in [1.165, 1.54) is 38.1 Å². The van der Waals surface area contributed by atoms with Gasteiger partial charge in [-0.25, -0.2) is 4.98 Å². The third kappa shape index (κ3) is 5.61. The largest absolute Gasteiger partial charge is 0.454 e. The van der Waals surface area contributed by atoms with Crippen molar-refractivity contribution < 1.29 is 8.83 Å². The third-order valence-electron chi connectivity index (χ3n) is 11.4. The second kappa shape index (κ2) is 13.3. The number of benzene rings is 9. The molecule has 3 heterocycles. The van der Waals surface area contributed by atoms with E-state index in [-0.39, 0.29) is 0 Å². The highest BCUT2D eigenvalue weighted by Crippen LogP contribution is 2.41. The van der Waals surface area contributed by atoms with Crippen molar-refractivity contribution in [3.8, 4) is 33.8 Å². The fourth-order valence-electron chi connectivity index (χ4n) is 8.46. The van der Waals surface area contributed by atoms with Crippen molar-refractivity contribution in [1.29, 1.82) is 0 Å². The van der Waals surface area contributed by atoms with Crippen molar-refractivity contribution in [2.75, 3.05) is 4.90 Å². The Bertz CT molecular complexity index is 3540. The molecule has 0 unspecified atom stereocenters. The van der Waals surface area contributed by atoms with Crippen LogP contribution in [0.3, 0.4) is 0 Å². The van der Waals surface area contributed by atoms with Crippen LogP contribution in [0.25, 0.3) is 99.2 Å². The molecule has 276 valence electrons. The van der Waals surface area contributed by atoms with E-state index in [9.17, 15) is 0 Å². The minimum absolute atomic E-state index is 0.593. The number of anilines is 3. The van der Waals surface area contributed by atoms with Gasteiger partial charge in [-0.15, -0.1) is 5.10 Å². The van der Waals surface area contributed by atoms with Gasteiger partial charge in [0.05, 0.1) is 11.6 Å². The quantitative estimate of drug-likeness (QED) is 0.157. The molecule has 6 nitrogen and oxygen atoms in total. The SMILES string of the molecule is c1ccc2cc(-c3ccc4c(ccc5cc(N(c6ccc(-c7nc8ccccc8o7)cc6)c6ccc(-c7nncc8c7oc7ccccc78)cc6)ccc54)c3)ccc2c1. The molecule has 59 heavy (non-hydrogen) atoms. The molecular formula is C53H32N4O2. The summed E-state index contributed by atoms with van der Waals surface area (Å²) in [5, 5.41) is 18.2. The van der Waals surface area contributed by atoms with Gasteiger partial charge < -0.3 is 13.7 Å². The molecule has 0 N–H and O–H groups in total. The Hall–Kier alpha value is -8.09. The fourth-order valence-corrected chi connectivity index (χ4v) is 8.46. The summed E-state index contributed by atoms with van der Waals surface area (Å²) < 4.78 is 12.4. The van der Waals surface area contributed by atoms with E-state index < -0.39 is 0 Å². The molecule has 0 spiro atoms. The Balaban J connectivity index is 0.945. The average molecular weight is 757 g/mol. The number of rotatable bonds is 6. The summed E-state index contributed by atoms with van der Waals surface area (Å²) in [5.41, 5.74) is 11.1. The molecule has 12 aromatic rings. The summed E-state index contributed by atoms with van der Waals surface area (Å²) in [7, 11) is 0. The van der Waals surface area contributed by atoms with Gasteiger partial charge in [0.1, 0.15) is 16.8 Å². The van der Waals surface area contributed by atoms with Gasteiger partial charge in [-0.3, -0.25) is 0 Å². The first-order valence-corrected chi connectivity index (χ1v) is 19.7. The lowest BCUT2D eigenvalue weighted by atomic mass is 9.96. The zero-order chi connectivity index (χ0) is 38.9. The monoisotopic (exact) mass is 756 g/mol. The summed E-state index contributed by atoms with van der Waals surface area (Å²) in [6.45, 7) is 0. The number of furan rings is 1. The molecule has 0 fully saturated rings. The van der Waals surface area contributed by atoms with E-state index in [0.29, 0.717) is 11.6 Å². The smallest absolute Gasteiger partial charge is 0.227 e. The molecule has 0 saturated carbocycles. The van der Waals surface area contributed by atoms with Gasteiger partial charge in [0.25, 0.3) is 0 Å². The van der Waals surface area contributed by atoms with Crippen LogP contribution in [0.4, 0.5) is 17.1 Å². The van der Waals surface area contributed by atoms with Crippen LogP contribution in [0.15, 0.2) is 203 Å². The van der Waals surface area contributed by atoms with E-state index in [4.69, 9.17) is 13.8 Å². The highest BCUT2D eigenvalue weighted by atomic mass is 16.3. The molecule has 0 aliphatic rings. The van der Waals surface area contributed by atoms with Crippen LogP contribution in [0.2, 0.25) is 0 Å². The maximum Gasteiger partial charge on any atom is 0.227 e. The van der Waals surface area contributed by atoms with Crippen LogP contribution in [0.1, 0.15) is 0 Å². The number of oxazole rings is 1. The first-order chi connectivity index (χ1) is 29.2. The zero-order valence-electron chi connectivity index (χ0n) is 31.6. The van der Waals surface area contributed by atoms with Gasteiger partial charge in [0.2, 0.25) is 5.89 Å². The number of hydrogen-bond donors (Lipinski definition) is 0. The Morgan fingerprint density at radius 2 is 0.983 bits per heavy atom. The molecular weight excluding hydrogens is 725 g/mol. The third-order valence-corrected chi connectivity index (χ3v) is 11.4. The van der Waals surface area contributed by atoms with Crippen LogP contribution in [-0.2, 0) is 0 Å². The van der Waals surface area contributed by atoms with Crippen molar-refractivity contribution in [3.05, 3.63) is 194 Å². The fraction of sp³-hybridized carbons (Fsp3) is 0. The van der Waals surface area contributed by atoms with Gasteiger partial charge in [-0.2, -0.15) is 5.10 Å². The van der Waals surface area contributed by atoms with Crippen LogP contribution < -0.4 is 4.90 Å². The Morgan fingerprint density at radius 3 is 1.78 bits per heavy atom. The van der Waals surface area contributed by atoms with E-state index in [1.807, 2.05) is 42.5 Å². The Morgan fingerprint density at radius 1 is 0.390 bits per heavy atom.